The van der Waals surface area contributed by atoms with Crippen LogP contribution in [-0.2, 0) is 32.3 Å². The van der Waals surface area contributed by atoms with Crippen LogP contribution in [0.15, 0.2) is 42.7 Å². The molecule has 3 aromatic heterocycles. The van der Waals surface area contributed by atoms with Crippen LogP contribution in [-0.4, -0.2) is 21.9 Å². The van der Waals surface area contributed by atoms with Crippen LogP contribution in [0.3, 0.4) is 0 Å². The zero-order chi connectivity index (χ0) is 21.7. The van der Waals surface area contributed by atoms with Crippen molar-refractivity contribution in [1.29, 1.82) is 0 Å². The quantitative estimate of drug-likeness (QED) is 0.538. The van der Waals surface area contributed by atoms with Crippen molar-refractivity contribution < 1.29 is 27.9 Å². The van der Waals surface area contributed by atoms with Gasteiger partial charge < -0.3 is 28.3 Å². The summed E-state index contributed by atoms with van der Waals surface area (Å²) >= 11 is 0. The molecule has 0 amide bonds. The second kappa shape index (κ2) is 8.95. The molecule has 0 aliphatic heterocycles. The molecule has 3 heterocycles. The van der Waals surface area contributed by atoms with Gasteiger partial charge in [0, 0.05) is 26.0 Å². The zero-order valence-electron chi connectivity index (χ0n) is 16.1. The average Bonchev–Trinajstić information content (AvgIpc) is 3.31. The third-order valence-corrected chi connectivity index (χ3v) is 3.76. The van der Waals surface area contributed by atoms with Crippen LogP contribution in [0.4, 0.5) is 0 Å². The van der Waals surface area contributed by atoms with Crippen LogP contribution < -0.4 is 21.8 Å². The predicted octanol–water partition coefficient (Wildman–Crippen LogP) is 0.0330. The van der Waals surface area contributed by atoms with E-state index < -0.39 is 23.1 Å². The Morgan fingerprint density at radius 1 is 0.800 bits per heavy atom. The van der Waals surface area contributed by atoms with Gasteiger partial charge in [-0.25, -0.2) is 0 Å². The molecule has 0 spiro atoms. The van der Waals surface area contributed by atoms with Gasteiger partial charge in [-0.1, -0.05) is 0 Å². The molecule has 0 fully saturated rings. The van der Waals surface area contributed by atoms with E-state index in [2.05, 4.69) is 9.97 Å². The lowest BCUT2D eigenvalue weighted by Gasteiger charge is -1.97. The molecule has 3 rings (SSSR count). The van der Waals surface area contributed by atoms with Crippen molar-refractivity contribution in [2.24, 2.45) is 0 Å². The van der Waals surface area contributed by atoms with E-state index in [4.69, 9.17) is 18.3 Å². The lowest BCUT2D eigenvalue weighted by Crippen LogP contribution is -2.46. The molecule has 0 aliphatic carbocycles. The first-order chi connectivity index (χ1) is 14.3. The summed E-state index contributed by atoms with van der Waals surface area (Å²) in [7, 11) is 0. The third-order valence-electron chi connectivity index (χ3n) is 3.76. The highest BCUT2D eigenvalue weighted by molar-refractivity contribution is 5.66. The molecule has 0 saturated heterocycles. The van der Waals surface area contributed by atoms with Gasteiger partial charge >= 0.3 is 11.9 Å². The molecular formula is C20H18N2O8. The Labute approximate surface area is 168 Å². The molecule has 10 heteroatoms. The Kier molecular flexibility index (Phi) is 6.16. The lowest BCUT2D eigenvalue weighted by molar-refractivity contribution is -0.143. The van der Waals surface area contributed by atoms with E-state index in [1.54, 1.807) is 24.3 Å². The van der Waals surface area contributed by atoms with Gasteiger partial charge in [0.25, 0.3) is 11.1 Å². The van der Waals surface area contributed by atoms with Gasteiger partial charge in [0.1, 0.15) is 47.0 Å². The molecule has 0 atom stereocenters. The minimum atomic E-state index is -0.550. The Hall–Kier alpha value is -4.08. The monoisotopic (exact) mass is 414 g/mol. The second-order valence-electron chi connectivity index (χ2n) is 6.19. The zero-order valence-corrected chi connectivity index (χ0v) is 16.1. The molecule has 0 saturated carbocycles. The maximum atomic E-state index is 12.3. The van der Waals surface area contributed by atoms with Crippen molar-refractivity contribution in [3.05, 3.63) is 78.7 Å². The highest BCUT2D eigenvalue weighted by Gasteiger charge is 2.05. The normalized spacial score (nSPS) is 12.2. The fourth-order valence-electron chi connectivity index (χ4n) is 2.43. The number of ether oxygens (including phenoxy) is 2. The number of nitrogens with one attached hydrogen (secondary N) is 2. The van der Waals surface area contributed by atoms with E-state index in [0.29, 0.717) is 23.0 Å². The van der Waals surface area contributed by atoms with E-state index >= 15 is 0 Å². The van der Waals surface area contributed by atoms with E-state index in [0.717, 1.165) is 0 Å². The summed E-state index contributed by atoms with van der Waals surface area (Å²) < 4.78 is 20.5. The van der Waals surface area contributed by atoms with Crippen LogP contribution in [0, 0.1) is 0 Å². The van der Waals surface area contributed by atoms with Crippen molar-refractivity contribution in [3.63, 3.8) is 0 Å². The molecule has 0 unspecified atom stereocenters. The lowest BCUT2D eigenvalue weighted by atomic mass is 10.3. The van der Waals surface area contributed by atoms with Gasteiger partial charge in [0.15, 0.2) is 0 Å². The summed E-state index contributed by atoms with van der Waals surface area (Å²) in [4.78, 5) is 51.3. The van der Waals surface area contributed by atoms with Gasteiger partial charge in [0.05, 0.1) is 0 Å². The van der Waals surface area contributed by atoms with Crippen LogP contribution in [0.1, 0.15) is 36.9 Å². The molecule has 30 heavy (non-hydrogen) atoms. The van der Waals surface area contributed by atoms with Crippen molar-refractivity contribution >= 4 is 24.1 Å². The number of rotatable bonds is 6. The number of aromatic amines is 2. The van der Waals surface area contributed by atoms with Gasteiger partial charge in [0.2, 0.25) is 0 Å². The molecule has 10 nitrogen and oxygen atoms in total. The molecule has 2 N–H and O–H groups in total. The van der Waals surface area contributed by atoms with Gasteiger partial charge in [-0.2, -0.15) is 0 Å². The summed E-state index contributed by atoms with van der Waals surface area (Å²) in [6, 6.07) is 6.33. The fraction of sp³-hybridized carbons (Fsp3) is 0.200. The first kappa shape index (κ1) is 20.6. The Bertz CT molecular complexity index is 1200. The smallest absolute Gasteiger partial charge is 0.303 e. The molecule has 0 aromatic carbocycles. The number of hydrogen-bond donors (Lipinski definition) is 2. The van der Waals surface area contributed by atoms with Crippen molar-refractivity contribution in [2.75, 3.05) is 0 Å². The van der Waals surface area contributed by atoms with Crippen LogP contribution in [0.2, 0.25) is 0 Å². The summed E-state index contributed by atoms with van der Waals surface area (Å²) in [6.45, 7) is 2.49. The number of H-pyrrole nitrogens is 2. The minimum absolute atomic E-state index is 0.0134. The summed E-state index contributed by atoms with van der Waals surface area (Å²) in [6.07, 6.45) is 2.71. The largest absolute Gasteiger partial charge is 0.458 e. The average molecular weight is 414 g/mol. The maximum absolute atomic E-state index is 12.3. The van der Waals surface area contributed by atoms with E-state index in [9.17, 15) is 19.2 Å². The fourth-order valence-corrected chi connectivity index (χ4v) is 2.43. The molecule has 0 bridgehead atoms. The molecular weight excluding hydrogens is 396 g/mol. The van der Waals surface area contributed by atoms with Crippen LogP contribution in [0.25, 0.3) is 12.2 Å². The Morgan fingerprint density at radius 3 is 1.57 bits per heavy atom. The number of furan rings is 2. The van der Waals surface area contributed by atoms with Crippen LogP contribution in [0.5, 0.6) is 0 Å². The summed E-state index contributed by atoms with van der Waals surface area (Å²) in [5.74, 6) is 0.497. The van der Waals surface area contributed by atoms with Gasteiger partial charge in [-0.15, -0.1) is 0 Å². The molecule has 156 valence electrons. The number of esters is 2. The Morgan fingerprint density at radius 2 is 1.20 bits per heavy atom. The Balaban J connectivity index is 1.85. The van der Waals surface area contributed by atoms with E-state index in [1.807, 2.05) is 0 Å². The van der Waals surface area contributed by atoms with Gasteiger partial charge in [-0.05, 0) is 24.3 Å². The highest BCUT2D eigenvalue weighted by atomic mass is 16.5. The number of carbonyl (C=O) groups excluding carboxylic acids is 2. The summed E-state index contributed by atoms with van der Waals surface area (Å²) in [5.41, 5.74) is -1.10. The van der Waals surface area contributed by atoms with Crippen molar-refractivity contribution in [1.82, 2.24) is 9.97 Å². The molecule has 3 aromatic rings. The third kappa shape index (κ3) is 5.47. The van der Waals surface area contributed by atoms with Crippen molar-refractivity contribution in [3.8, 4) is 0 Å². The van der Waals surface area contributed by atoms with E-state index in [1.165, 1.54) is 26.0 Å². The number of carbonyl (C=O) groups is 2. The van der Waals surface area contributed by atoms with E-state index in [-0.39, 0.29) is 23.9 Å². The van der Waals surface area contributed by atoms with Crippen LogP contribution >= 0.6 is 0 Å². The van der Waals surface area contributed by atoms with Gasteiger partial charge in [-0.3, -0.25) is 19.2 Å². The first-order valence-corrected chi connectivity index (χ1v) is 8.80. The SMILES string of the molecule is CC(=O)OCc1ccc(C=c2[nH]c(=O)c(=Cc3ccc(COC(C)=O)o3)[nH]c2=O)o1. The van der Waals surface area contributed by atoms with Crippen molar-refractivity contribution in [2.45, 2.75) is 27.1 Å². The predicted molar refractivity (Wildman–Crippen MR) is 102 cm³/mol. The first-order valence-electron chi connectivity index (χ1n) is 8.80. The standard InChI is InChI=1S/C20H18N2O8/c1-11(23)27-9-15-5-3-13(29-15)7-17-19(25)22-18(20(26)21-17)8-14-4-6-16(30-14)10-28-12(2)24/h3-8H,9-10H2,1-2H3,(H,21,26)(H,22,25). The number of aromatic nitrogens is 2. The molecule has 0 aliphatic rings. The second-order valence-corrected chi connectivity index (χ2v) is 6.19. The molecule has 0 radical (unpaired) electrons. The minimum Gasteiger partial charge on any atom is -0.458 e. The maximum Gasteiger partial charge on any atom is 0.303 e. The number of hydrogen-bond acceptors (Lipinski definition) is 8. The highest BCUT2D eigenvalue weighted by Crippen LogP contribution is 2.10. The topological polar surface area (TPSA) is 145 Å². The summed E-state index contributed by atoms with van der Waals surface area (Å²) in [5, 5.41) is -0.0268.